The van der Waals surface area contributed by atoms with E-state index in [2.05, 4.69) is 39.9 Å². The van der Waals surface area contributed by atoms with Crippen LogP contribution in [0.2, 0.25) is 0 Å². The van der Waals surface area contributed by atoms with Crippen molar-refractivity contribution in [1.29, 1.82) is 0 Å². The molecule has 1 amide bonds. The van der Waals surface area contributed by atoms with E-state index in [9.17, 15) is 4.79 Å². The first-order valence-corrected chi connectivity index (χ1v) is 8.39. The van der Waals surface area contributed by atoms with E-state index < -0.39 is 0 Å². The third-order valence-electron chi connectivity index (χ3n) is 3.40. The van der Waals surface area contributed by atoms with Gasteiger partial charge in [0.15, 0.2) is 0 Å². The fourth-order valence-electron chi connectivity index (χ4n) is 2.28. The first-order chi connectivity index (χ1) is 11.6. The second-order valence-corrected chi connectivity index (χ2v) is 6.58. The molecule has 0 saturated heterocycles. The quantitative estimate of drug-likeness (QED) is 0.721. The van der Waals surface area contributed by atoms with Crippen molar-refractivity contribution in [3.8, 4) is 5.69 Å². The summed E-state index contributed by atoms with van der Waals surface area (Å²) in [7, 11) is 0. The van der Waals surface area contributed by atoms with E-state index in [4.69, 9.17) is 0 Å². The zero-order chi connectivity index (χ0) is 16.9. The van der Waals surface area contributed by atoms with E-state index >= 15 is 0 Å². The Morgan fingerprint density at radius 3 is 2.71 bits per heavy atom. The summed E-state index contributed by atoms with van der Waals surface area (Å²) >= 11 is 1.58. The number of hydrogen-bond acceptors (Lipinski definition) is 5. The number of aromatic nitrogens is 4. The highest BCUT2D eigenvalue weighted by atomic mass is 32.2. The van der Waals surface area contributed by atoms with Crippen LogP contribution in [0.25, 0.3) is 5.69 Å². The van der Waals surface area contributed by atoms with Crippen LogP contribution in [0, 0.1) is 0 Å². The van der Waals surface area contributed by atoms with Crippen LogP contribution in [0.5, 0.6) is 0 Å². The van der Waals surface area contributed by atoms with Crippen molar-refractivity contribution in [3.63, 3.8) is 0 Å². The molecule has 0 fully saturated rings. The first-order valence-electron chi connectivity index (χ1n) is 7.51. The molecule has 122 valence electrons. The highest BCUT2D eigenvalue weighted by Crippen LogP contribution is 2.34. The molecule has 1 heterocycles. The minimum atomic E-state index is -0.115. The summed E-state index contributed by atoms with van der Waals surface area (Å²) in [6.45, 7) is 3.60. The van der Waals surface area contributed by atoms with E-state index in [0.29, 0.717) is 10.8 Å². The van der Waals surface area contributed by atoms with E-state index in [1.165, 1.54) is 12.5 Å². The van der Waals surface area contributed by atoms with E-state index in [1.54, 1.807) is 16.4 Å². The van der Waals surface area contributed by atoms with Crippen molar-refractivity contribution < 1.29 is 4.79 Å². The molecular weight excluding hydrogens is 322 g/mol. The Morgan fingerprint density at radius 1 is 1.17 bits per heavy atom. The Hall–Kier alpha value is -2.67. The second-order valence-electron chi connectivity index (χ2n) is 5.28. The SMILES string of the molecule is CC(=O)Nc1cccc(-n2nnnc2S[C@@H](C)c2ccccc2)c1. The third kappa shape index (κ3) is 3.80. The maximum atomic E-state index is 11.2. The first kappa shape index (κ1) is 16.2. The summed E-state index contributed by atoms with van der Waals surface area (Å²) in [4.78, 5) is 11.2. The van der Waals surface area contributed by atoms with Crippen LogP contribution in [0.1, 0.15) is 24.7 Å². The molecule has 24 heavy (non-hydrogen) atoms. The third-order valence-corrected chi connectivity index (χ3v) is 4.49. The van der Waals surface area contributed by atoms with Gasteiger partial charge in [-0.05, 0) is 41.1 Å². The Bertz CT molecular complexity index is 834. The van der Waals surface area contributed by atoms with Crippen molar-refractivity contribution >= 4 is 23.4 Å². The van der Waals surface area contributed by atoms with Crippen molar-refractivity contribution in [2.75, 3.05) is 5.32 Å². The maximum absolute atomic E-state index is 11.2. The lowest BCUT2D eigenvalue weighted by atomic mass is 10.2. The molecule has 1 atom stereocenters. The van der Waals surface area contributed by atoms with E-state index in [-0.39, 0.29) is 11.2 Å². The lowest BCUT2D eigenvalue weighted by Gasteiger charge is -2.11. The molecule has 2 aromatic carbocycles. The molecule has 0 aliphatic carbocycles. The number of rotatable bonds is 5. The average molecular weight is 339 g/mol. The smallest absolute Gasteiger partial charge is 0.221 e. The molecule has 6 nitrogen and oxygen atoms in total. The van der Waals surface area contributed by atoms with Crippen LogP contribution in [-0.2, 0) is 4.79 Å². The number of carbonyl (C=O) groups is 1. The Labute approximate surface area is 144 Å². The highest BCUT2D eigenvalue weighted by molar-refractivity contribution is 7.99. The van der Waals surface area contributed by atoms with Gasteiger partial charge in [-0.25, -0.2) is 0 Å². The number of nitrogens with zero attached hydrogens (tertiary/aromatic N) is 4. The maximum Gasteiger partial charge on any atom is 0.221 e. The van der Waals surface area contributed by atoms with Crippen LogP contribution >= 0.6 is 11.8 Å². The van der Waals surface area contributed by atoms with Crippen molar-refractivity contribution in [2.24, 2.45) is 0 Å². The average Bonchev–Trinajstić information content (AvgIpc) is 3.03. The molecule has 0 unspecified atom stereocenters. The van der Waals surface area contributed by atoms with Crippen LogP contribution in [0.15, 0.2) is 59.8 Å². The van der Waals surface area contributed by atoms with Gasteiger partial charge in [0.1, 0.15) is 0 Å². The molecule has 7 heteroatoms. The minimum absolute atomic E-state index is 0.115. The van der Waals surface area contributed by atoms with Gasteiger partial charge in [-0.3, -0.25) is 4.79 Å². The summed E-state index contributed by atoms with van der Waals surface area (Å²) in [5.41, 5.74) is 2.72. The van der Waals surface area contributed by atoms with Gasteiger partial charge in [0.05, 0.1) is 5.69 Å². The van der Waals surface area contributed by atoms with Crippen molar-refractivity contribution in [3.05, 3.63) is 60.2 Å². The van der Waals surface area contributed by atoms with Gasteiger partial charge in [-0.15, -0.1) is 5.10 Å². The standard InChI is InChI=1S/C17H17N5OS/c1-12(14-7-4-3-5-8-14)24-17-19-20-21-22(17)16-10-6-9-15(11-16)18-13(2)23/h3-12H,1-2H3,(H,18,23)/t12-/m0/s1. The molecule has 0 saturated carbocycles. The van der Waals surface area contributed by atoms with Gasteiger partial charge < -0.3 is 5.32 Å². The minimum Gasteiger partial charge on any atom is -0.326 e. The Kier molecular flexibility index (Phi) is 4.90. The van der Waals surface area contributed by atoms with Crippen molar-refractivity contribution in [1.82, 2.24) is 20.2 Å². The van der Waals surface area contributed by atoms with Gasteiger partial charge in [0.25, 0.3) is 0 Å². The lowest BCUT2D eigenvalue weighted by Crippen LogP contribution is -2.07. The van der Waals surface area contributed by atoms with Gasteiger partial charge in [-0.1, -0.05) is 48.2 Å². The largest absolute Gasteiger partial charge is 0.326 e. The monoisotopic (exact) mass is 339 g/mol. The predicted molar refractivity (Wildman–Crippen MR) is 94.2 cm³/mol. The second kappa shape index (κ2) is 7.27. The van der Waals surface area contributed by atoms with E-state index in [0.717, 1.165) is 5.69 Å². The summed E-state index contributed by atoms with van der Waals surface area (Å²) < 4.78 is 1.68. The molecule has 3 aromatic rings. The molecule has 0 aliphatic heterocycles. The summed E-state index contributed by atoms with van der Waals surface area (Å²) in [6.07, 6.45) is 0. The fraction of sp³-hybridized carbons (Fsp3) is 0.176. The van der Waals surface area contributed by atoms with Crippen LogP contribution in [0.4, 0.5) is 5.69 Å². The molecular formula is C17H17N5OS. The summed E-state index contributed by atoms with van der Waals surface area (Å²) in [6, 6.07) is 17.6. The van der Waals surface area contributed by atoms with Crippen molar-refractivity contribution in [2.45, 2.75) is 24.3 Å². The Balaban J connectivity index is 1.84. The summed E-state index contributed by atoms with van der Waals surface area (Å²) in [5, 5.41) is 15.7. The van der Waals surface area contributed by atoms with Gasteiger partial charge in [-0.2, -0.15) is 4.68 Å². The number of carbonyl (C=O) groups excluding carboxylic acids is 1. The molecule has 1 N–H and O–H groups in total. The molecule has 0 spiro atoms. The number of thioether (sulfide) groups is 1. The lowest BCUT2D eigenvalue weighted by molar-refractivity contribution is -0.114. The van der Waals surface area contributed by atoms with Crippen LogP contribution in [-0.4, -0.2) is 26.1 Å². The van der Waals surface area contributed by atoms with Gasteiger partial charge in [0.2, 0.25) is 11.1 Å². The highest BCUT2D eigenvalue weighted by Gasteiger charge is 2.15. The van der Waals surface area contributed by atoms with Crippen LogP contribution < -0.4 is 5.32 Å². The van der Waals surface area contributed by atoms with Gasteiger partial charge in [0, 0.05) is 17.9 Å². The number of amides is 1. The molecule has 1 aromatic heterocycles. The fourth-order valence-corrected chi connectivity index (χ4v) is 3.22. The van der Waals surface area contributed by atoms with Gasteiger partial charge >= 0.3 is 0 Å². The number of tetrazole rings is 1. The molecule has 0 aliphatic rings. The Morgan fingerprint density at radius 2 is 1.96 bits per heavy atom. The number of hydrogen-bond donors (Lipinski definition) is 1. The topological polar surface area (TPSA) is 72.7 Å². The zero-order valence-electron chi connectivity index (χ0n) is 13.4. The zero-order valence-corrected chi connectivity index (χ0v) is 14.2. The number of benzene rings is 2. The summed E-state index contributed by atoms with van der Waals surface area (Å²) in [5.74, 6) is -0.115. The molecule has 0 bridgehead atoms. The molecule has 3 rings (SSSR count). The number of nitrogens with one attached hydrogen (secondary N) is 1. The normalized spacial score (nSPS) is 11.9. The van der Waals surface area contributed by atoms with Crippen LogP contribution in [0.3, 0.4) is 0 Å². The van der Waals surface area contributed by atoms with E-state index in [1.807, 2.05) is 42.5 Å². The molecule has 0 radical (unpaired) electrons. The number of anilines is 1. The predicted octanol–water partition coefficient (Wildman–Crippen LogP) is 3.47.